The Balaban J connectivity index is 3.23. The van der Waals surface area contributed by atoms with E-state index in [0.29, 0.717) is 12.1 Å². The number of primary amides is 1. The summed E-state index contributed by atoms with van der Waals surface area (Å²) in [5, 5.41) is 1.59. The van der Waals surface area contributed by atoms with Crippen LogP contribution in [0.1, 0.15) is 17.2 Å². The van der Waals surface area contributed by atoms with Gasteiger partial charge in [-0.1, -0.05) is 6.07 Å². The summed E-state index contributed by atoms with van der Waals surface area (Å²) < 4.78 is 87.5. The van der Waals surface area contributed by atoms with E-state index in [2.05, 4.69) is 0 Å². The van der Waals surface area contributed by atoms with E-state index in [-0.39, 0.29) is 6.07 Å². The molecule has 10 heteroatoms. The van der Waals surface area contributed by atoms with Gasteiger partial charge in [0.2, 0.25) is 5.91 Å². The highest BCUT2D eigenvalue weighted by molar-refractivity contribution is 5.82. The Bertz CT molecular complexity index is 524. The molecule has 0 radical (unpaired) electrons. The van der Waals surface area contributed by atoms with Crippen molar-refractivity contribution < 1.29 is 35.5 Å². The van der Waals surface area contributed by atoms with Gasteiger partial charge in [0.1, 0.15) is 11.9 Å². The van der Waals surface area contributed by atoms with Crippen LogP contribution < -0.4 is 11.1 Å². The second-order valence-corrected chi connectivity index (χ2v) is 4.06. The second-order valence-electron chi connectivity index (χ2n) is 4.06. The number of amides is 1. The zero-order chi connectivity index (χ0) is 16.4. The molecule has 3 nitrogen and oxygen atoms in total. The Morgan fingerprint density at radius 2 is 1.76 bits per heavy atom. The van der Waals surface area contributed by atoms with E-state index in [1.807, 2.05) is 0 Å². The zero-order valence-electron chi connectivity index (χ0n) is 10.1. The smallest absolute Gasteiger partial charge is 0.368 e. The molecule has 21 heavy (non-hydrogen) atoms. The molecule has 0 heterocycles. The predicted octanol–water partition coefficient (Wildman–Crippen LogP) is 2.52. The summed E-state index contributed by atoms with van der Waals surface area (Å²) in [4.78, 5) is 11.1. The molecule has 1 amide bonds. The van der Waals surface area contributed by atoms with Crippen LogP contribution in [0.4, 0.5) is 30.7 Å². The van der Waals surface area contributed by atoms with Gasteiger partial charge in [-0.15, -0.1) is 0 Å². The van der Waals surface area contributed by atoms with E-state index in [9.17, 15) is 35.5 Å². The third-order valence-corrected chi connectivity index (χ3v) is 2.42. The fourth-order valence-corrected chi connectivity index (χ4v) is 1.61. The highest BCUT2D eigenvalue weighted by Crippen LogP contribution is 2.35. The third kappa shape index (κ3) is 4.88. The Labute approximate surface area is 113 Å². The molecule has 0 aromatic heterocycles. The number of rotatable bonds is 4. The van der Waals surface area contributed by atoms with E-state index in [0.717, 1.165) is 0 Å². The lowest BCUT2D eigenvalue weighted by Crippen LogP contribution is -2.39. The van der Waals surface area contributed by atoms with Crippen LogP contribution in [0.15, 0.2) is 18.2 Å². The molecule has 0 spiro atoms. The summed E-state index contributed by atoms with van der Waals surface area (Å²) in [5.41, 5.74) is 2.38. The predicted molar refractivity (Wildman–Crippen MR) is 57.4 cm³/mol. The molecule has 0 bridgehead atoms. The summed E-state index contributed by atoms with van der Waals surface area (Å²) in [7, 11) is 0. The summed E-state index contributed by atoms with van der Waals surface area (Å²) in [5.74, 6) is -2.69. The first-order valence-electron chi connectivity index (χ1n) is 5.38. The molecular weight excluding hydrogens is 309 g/mol. The zero-order valence-corrected chi connectivity index (χ0v) is 10.1. The van der Waals surface area contributed by atoms with Crippen LogP contribution in [0.2, 0.25) is 0 Å². The molecule has 0 saturated heterocycles. The van der Waals surface area contributed by atoms with E-state index in [1.165, 1.54) is 0 Å². The van der Waals surface area contributed by atoms with E-state index in [1.54, 1.807) is 5.32 Å². The molecule has 3 N–H and O–H groups in total. The fraction of sp³-hybridized carbons (Fsp3) is 0.364. The van der Waals surface area contributed by atoms with Crippen LogP contribution in [0.25, 0.3) is 0 Å². The van der Waals surface area contributed by atoms with E-state index in [4.69, 9.17) is 5.73 Å². The number of halogens is 7. The number of carbonyl (C=O) groups excluding carboxylic acids is 1. The molecule has 1 aromatic carbocycles. The minimum Gasteiger partial charge on any atom is -0.368 e. The number of hydrogen-bond acceptors (Lipinski definition) is 2. The van der Waals surface area contributed by atoms with Gasteiger partial charge in [-0.05, 0) is 17.7 Å². The van der Waals surface area contributed by atoms with Gasteiger partial charge in [-0.3, -0.25) is 10.1 Å². The summed E-state index contributed by atoms with van der Waals surface area (Å²) >= 11 is 0. The van der Waals surface area contributed by atoms with Gasteiger partial charge in [-0.2, -0.15) is 26.3 Å². The lowest BCUT2D eigenvalue weighted by atomic mass is 9.99. The molecule has 1 atom stereocenters. The van der Waals surface area contributed by atoms with Crippen LogP contribution in [-0.4, -0.2) is 18.6 Å². The maximum absolute atomic E-state index is 12.9. The van der Waals surface area contributed by atoms with Crippen molar-refractivity contribution in [2.45, 2.75) is 18.4 Å². The quantitative estimate of drug-likeness (QED) is 0.838. The second kappa shape index (κ2) is 5.88. The van der Waals surface area contributed by atoms with Crippen molar-refractivity contribution in [1.29, 1.82) is 0 Å². The van der Waals surface area contributed by atoms with Gasteiger partial charge in [0.25, 0.3) is 0 Å². The first-order valence-corrected chi connectivity index (χ1v) is 5.38. The standard InChI is InChI=1S/C11H9F7N2O/c12-5-1-2-6(7(3-5)11(16,17)18)8(9(19)21)20-4-10(13,14)15/h1-3,8,20H,4H2,(H2,19,21). The van der Waals surface area contributed by atoms with Crippen LogP contribution in [0.3, 0.4) is 0 Å². The van der Waals surface area contributed by atoms with Crippen molar-refractivity contribution in [2.75, 3.05) is 6.54 Å². The topological polar surface area (TPSA) is 55.1 Å². The van der Waals surface area contributed by atoms with Crippen molar-refractivity contribution in [3.8, 4) is 0 Å². The monoisotopic (exact) mass is 318 g/mol. The van der Waals surface area contributed by atoms with Crippen molar-refractivity contribution in [3.05, 3.63) is 35.1 Å². The molecule has 0 fully saturated rings. The van der Waals surface area contributed by atoms with Crippen molar-refractivity contribution in [2.24, 2.45) is 5.73 Å². The SMILES string of the molecule is NC(=O)C(NCC(F)(F)F)c1ccc(F)cc1C(F)(F)F. The molecule has 1 unspecified atom stereocenters. The Kier molecular flexibility index (Phi) is 4.82. The van der Waals surface area contributed by atoms with Gasteiger partial charge >= 0.3 is 12.4 Å². The fourth-order valence-electron chi connectivity index (χ4n) is 1.61. The lowest BCUT2D eigenvalue weighted by Gasteiger charge is -2.21. The van der Waals surface area contributed by atoms with E-state index >= 15 is 0 Å². The van der Waals surface area contributed by atoms with Gasteiger partial charge < -0.3 is 5.73 Å². The number of hydrogen-bond donors (Lipinski definition) is 2. The summed E-state index contributed by atoms with van der Waals surface area (Å²) in [6, 6.07) is -0.809. The van der Waals surface area contributed by atoms with Crippen molar-refractivity contribution >= 4 is 5.91 Å². The minimum atomic E-state index is -5.05. The van der Waals surface area contributed by atoms with Crippen LogP contribution in [0, 0.1) is 5.82 Å². The van der Waals surface area contributed by atoms with Crippen molar-refractivity contribution in [3.63, 3.8) is 0 Å². The summed E-state index contributed by atoms with van der Waals surface area (Å²) in [6.07, 6.45) is -9.81. The highest BCUT2D eigenvalue weighted by Gasteiger charge is 2.38. The van der Waals surface area contributed by atoms with Crippen LogP contribution in [-0.2, 0) is 11.0 Å². The molecule has 0 aliphatic rings. The largest absolute Gasteiger partial charge is 0.416 e. The Morgan fingerprint density at radius 3 is 2.19 bits per heavy atom. The highest BCUT2D eigenvalue weighted by atomic mass is 19.4. The van der Waals surface area contributed by atoms with Gasteiger partial charge in [0.15, 0.2) is 0 Å². The number of alkyl halides is 6. The molecule has 118 valence electrons. The average Bonchev–Trinajstić information content (AvgIpc) is 2.27. The molecular formula is C11H9F7N2O. The van der Waals surface area contributed by atoms with Crippen molar-refractivity contribution in [1.82, 2.24) is 5.32 Å². The third-order valence-electron chi connectivity index (χ3n) is 2.42. The van der Waals surface area contributed by atoms with Gasteiger partial charge in [-0.25, -0.2) is 4.39 Å². The van der Waals surface area contributed by atoms with Gasteiger partial charge in [0.05, 0.1) is 12.1 Å². The maximum Gasteiger partial charge on any atom is 0.416 e. The number of nitrogens with two attached hydrogens (primary N) is 1. The summed E-state index contributed by atoms with van der Waals surface area (Å²) in [6.45, 7) is -1.73. The molecule has 0 saturated carbocycles. The minimum absolute atomic E-state index is 0.0839. The van der Waals surface area contributed by atoms with Gasteiger partial charge in [0, 0.05) is 0 Å². The Hall–Kier alpha value is -1.84. The first kappa shape index (κ1) is 17.2. The first-order chi connectivity index (χ1) is 9.42. The molecule has 1 rings (SSSR count). The normalized spacial score (nSPS) is 14.0. The average molecular weight is 318 g/mol. The molecule has 1 aromatic rings. The number of carbonyl (C=O) groups is 1. The van der Waals surface area contributed by atoms with Crippen LogP contribution in [0.5, 0.6) is 0 Å². The number of nitrogens with one attached hydrogen (secondary N) is 1. The van der Waals surface area contributed by atoms with E-state index < -0.39 is 47.8 Å². The molecule has 0 aliphatic carbocycles. The lowest BCUT2D eigenvalue weighted by molar-refractivity contribution is -0.139. The Morgan fingerprint density at radius 1 is 1.19 bits per heavy atom. The number of benzene rings is 1. The van der Waals surface area contributed by atoms with Crippen LogP contribution >= 0.6 is 0 Å². The molecule has 0 aliphatic heterocycles. The maximum atomic E-state index is 12.9.